The number of benzene rings is 1. The lowest BCUT2D eigenvalue weighted by atomic mass is 9.62. The summed E-state index contributed by atoms with van der Waals surface area (Å²) in [5, 5.41) is 19.2. The highest BCUT2D eigenvalue weighted by Gasteiger charge is 2.52. The van der Waals surface area contributed by atoms with Crippen LogP contribution in [0, 0.1) is 0 Å². The predicted molar refractivity (Wildman–Crippen MR) is 62.6 cm³/mol. The molecule has 1 saturated carbocycles. The molecule has 5 heteroatoms. The zero-order valence-electron chi connectivity index (χ0n) is 9.31. The molecule has 0 atom stereocenters. The molecule has 0 heterocycles. The number of aliphatic hydroxyl groups is 1. The van der Waals surface area contributed by atoms with Gasteiger partial charge in [0, 0.05) is 10.6 Å². The minimum absolute atomic E-state index is 0.193. The van der Waals surface area contributed by atoms with Gasteiger partial charge in [-0.3, -0.25) is 4.79 Å². The molecule has 0 aliphatic heterocycles. The van der Waals surface area contributed by atoms with Crippen molar-refractivity contribution >= 4 is 17.6 Å². The number of carbonyl (C=O) groups is 1. The Balaban J connectivity index is 2.50. The summed E-state index contributed by atoms with van der Waals surface area (Å²) in [5.41, 5.74) is -0.541. The SMILES string of the molecule is COc1ccc(Cl)cc1C1(C(=O)O)CC(O)C1. The molecule has 1 aliphatic carbocycles. The summed E-state index contributed by atoms with van der Waals surface area (Å²) in [4.78, 5) is 11.4. The number of methoxy groups -OCH3 is 1. The summed E-state index contributed by atoms with van der Waals surface area (Å²) < 4.78 is 5.16. The Labute approximate surface area is 104 Å². The lowest BCUT2D eigenvalue weighted by Gasteiger charge is -2.42. The summed E-state index contributed by atoms with van der Waals surface area (Å²) >= 11 is 5.89. The van der Waals surface area contributed by atoms with Crippen LogP contribution < -0.4 is 4.74 Å². The molecular formula is C12H13ClO4. The molecule has 1 fully saturated rings. The second-order valence-corrected chi connectivity index (χ2v) is 4.73. The van der Waals surface area contributed by atoms with Gasteiger partial charge < -0.3 is 14.9 Å². The highest BCUT2D eigenvalue weighted by atomic mass is 35.5. The maximum atomic E-state index is 11.4. The van der Waals surface area contributed by atoms with E-state index >= 15 is 0 Å². The van der Waals surface area contributed by atoms with Crippen LogP contribution in [0.25, 0.3) is 0 Å². The van der Waals surface area contributed by atoms with Gasteiger partial charge >= 0.3 is 5.97 Å². The molecule has 0 amide bonds. The number of ether oxygens (including phenoxy) is 1. The largest absolute Gasteiger partial charge is 0.496 e. The van der Waals surface area contributed by atoms with E-state index in [1.165, 1.54) is 7.11 Å². The van der Waals surface area contributed by atoms with Crippen molar-refractivity contribution in [3.63, 3.8) is 0 Å². The minimum Gasteiger partial charge on any atom is -0.496 e. The van der Waals surface area contributed by atoms with Crippen molar-refractivity contribution in [3.8, 4) is 5.75 Å². The van der Waals surface area contributed by atoms with Crippen LogP contribution in [-0.4, -0.2) is 29.4 Å². The van der Waals surface area contributed by atoms with E-state index in [2.05, 4.69) is 0 Å². The normalized spacial score (nSPS) is 27.4. The van der Waals surface area contributed by atoms with Gasteiger partial charge in [-0.15, -0.1) is 0 Å². The molecule has 0 bridgehead atoms. The van der Waals surface area contributed by atoms with E-state index in [4.69, 9.17) is 16.3 Å². The first-order valence-electron chi connectivity index (χ1n) is 5.25. The maximum absolute atomic E-state index is 11.4. The monoisotopic (exact) mass is 256 g/mol. The molecule has 17 heavy (non-hydrogen) atoms. The third-order valence-electron chi connectivity index (χ3n) is 3.25. The molecule has 1 aromatic rings. The molecule has 4 nitrogen and oxygen atoms in total. The highest BCUT2D eigenvalue weighted by Crippen LogP contribution is 2.48. The van der Waals surface area contributed by atoms with Crippen LogP contribution in [0.15, 0.2) is 18.2 Å². The summed E-state index contributed by atoms with van der Waals surface area (Å²) in [6.45, 7) is 0. The molecule has 0 spiro atoms. The quantitative estimate of drug-likeness (QED) is 0.866. The third-order valence-corrected chi connectivity index (χ3v) is 3.49. The van der Waals surface area contributed by atoms with Gasteiger partial charge in [0.15, 0.2) is 0 Å². The zero-order chi connectivity index (χ0) is 12.6. The first-order chi connectivity index (χ1) is 7.99. The highest BCUT2D eigenvalue weighted by molar-refractivity contribution is 6.30. The number of rotatable bonds is 3. The molecule has 1 aliphatic rings. The number of aliphatic carboxylic acids is 1. The van der Waals surface area contributed by atoms with Gasteiger partial charge in [0.2, 0.25) is 0 Å². The summed E-state index contributed by atoms with van der Waals surface area (Å²) in [6.07, 6.45) is -0.187. The van der Waals surface area contributed by atoms with Crippen LogP contribution in [0.2, 0.25) is 5.02 Å². The van der Waals surface area contributed by atoms with Gasteiger partial charge in [-0.1, -0.05) is 11.6 Å². The van der Waals surface area contributed by atoms with Crippen molar-refractivity contribution in [2.75, 3.05) is 7.11 Å². The molecule has 92 valence electrons. The second kappa shape index (κ2) is 4.20. The molecule has 2 N–H and O–H groups in total. The number of hydrogen-bond donors (Lipinski definition) is 2. The molecule has 1 aromatic carbocycles. The first-order valence-corrected chi connectivity index (χ1v) is 5.63. The maximum Gasteiger partial charge on any atom is 0.314 e. The molecule has 0 aromatic heterocycles. The average Bonchev–Trinajstić information content (AvgIpc) is 2.24. The molecule has 2 rings (SSSR count). The van der Waals surface area contributed by atoms with Crippen molar-refractivity contribution < 1.29 is 19.7 Å². The van der Waals surface area contributed by atoms with Gasteiger partial charge in [-0.2, -0.15) is 0 Å². The van der Waals surface area contributed by atoms with E-state index in [-0.39, 0.29) is 12.8 Å². The van der Waals surface area contributed by atoms with E-state index in [9.17, 15) is 15.0 Å². The first kappa shape index (κ1) is 12.2. The van der Waals surface area contributed by atoms with Crippen LogP contribution in [0.5, 0.6) is 5.75 Å². The standard InChI is InChI=1S/C12H13ClO4/c1-17-10-3-2-7(13)4-9(10)12(11(15)16)5-8(14)6-12/h2-4,8,14H,5-6H2,1H3,(H,15,16). The Bertz CT molecular complexity index is 452. The van der Waals surface area contributed by atoms with Gasteiger partial charge in [-0.05, 0) is 31.0 Å². The molecule has 0 saturated heterocycles. The van der Waals surface area contributed by atoms with Crippen molar-refractivity contribution in [1.29, 1.82) is 0 Å². The van der Waals surface area contributed by atoms with Crippen LogP contribution in [0.1, 0.15) is 18.4 Å². The van der Waals surface area contributed by atoms with Crippen LogP contribution in [0.4, 0.5) is 0 Å². The Morgan fingerprint density at radius 3 is 2.65 bits per heavy atom. The predicted octanol–water partition coefficient (Wildman–Crippen LogP) is 1.83. The van der Waals surface area contributed by atoms with E-state index in [1.807, 2.05) is 0 Å². The van der Waals surface area contributed by atoms with Gasteiger partial charge in [0.05, 0.1) is 13.2 Å². The fraction of sp³-hybridized carbons (Fsp3) is 0.417. The van der Waals surface area contributed by atoms with Crippen molar-refractivity contribution in [1.82, 2.24) is 0 Å². The van der Waals surface area contributed by atoms with E-state index in [0.717, 1.165) is 0 Å². The van der Waals surface area contributed by atoms with Gasteiger partial charge in [0.25, 0.3) is 0 Å². The van der Waals surface area contributed by atoms with Crippen LogP contribution in [0.3, 0.4) is 0 Å². The van der Waals surface area contributed by atoms with Gasteiger partial charge in [-0.25, -0.2) is 0 Å². The third kappa shape index (κ3) is 1.87. The van der Waals surface area contributed by atoms with Crippen molar-refractivity contribution in [3.05, 3.63) is 28.8 Å². The summed E-state index contributed by atoms with van der Waals surface area (Å²) in [5.74, 6) is -0.466. The number of halogens is 1. The van der Waals surface area contributed by atoms with Gasteiger partial charge in [0.1, 0.15) is 11.2 Å². The van der Waals surface area contributed by atoms with Crippen LogP contribution in [-0.2, 0) is 10.2 Å². The number of hydrogen-bond acceptors (Lipinski definition) is 3. The van der Waals surface area contributed by atoms with Crippen LogP contribution >= 0.6 is 11.6 Å². The topological polar surface area (TPSA) is 66.8 Å². The van der Waals surface area contributed by atoms with Crippen molar-refractivity contribution in [2.45, 2.75) is 24.4 Å². The lowest BCUT2D eigenvalue weighted by molar-refractivity contribution is -0.153. The minimum atomic E-state index is -1.07. The molecular weight excluding hydrogens is 244 g/mol. The Hall–Kier alpha value is -1.26. The summed E-state index contributed by atoms with van der Waals surface area (Å²) in [6, 6.07) is 4.89. The fourth-order valence-corrected chi connectivity index (χ4v) is 2.48. The number of aliphatic hydroxyl groups excluding tert-OH is 1. The Morgan fingerprint density at radius 1 is 1.53 bits per heavy atom. The zero-order valence-corrected chi connectivity index (χ0v) is 10.1. The summed E-state index contributed by atoms with van der Waals surface area (Å²) in [7, 11) is 1.48. The number of carboxylic acid groups (broad SMARTS) is 1. The molecule has 0 radical (unpaired) electrons. The Morgan fingerprint density at radius 2 is 2.18 bits per heavy atom. The number of carboxylic acids is 1. The average molecular weight is 257 g/mol. The van der Waals surface area contributed by atoms with Crippen molar-refractivity contribution in [2.24, 2.45) is 0 Å². The molecule has 0 unspecified atom stereocenters. The lowest BCUT2D eigenvalue weighted by Crippen LogP contribution is -2.50. The van der Waals surface area contributed by atoms with E-state index in [0.29, 0.717) is 16.3 Å². The Kier molecular flexibility index (Phi) is 3.02. The van der Waals surface area contributed by atoms with E-state index in [1.54, 1.807) is 18.2 Å². The second-order valence-electron chi connectivity index (χ2n) is 4.29. The van der Waals surface area contributed by atoms with E-state index < -0.39 is 17.5 Å². The smallest absolute Gasteiger partial charge is 0.314 e. The fourth-order valence-electron chi connectivity index (χ4n) is 2.31.